The van der Waals surface area contributed by atoms with E-state index in [4.69, 9.17) is 4.74 Å². The van der Waals surface area contributed by atoms with Crippen LogP contribution in [0, 0.1) is 0 Å². The third-order valence-corrected chi connectivity index (χ3v) is 5.21. The van der Waals surface area contributed by atoms with Crippen LogP contribution < -0.4 is 9.64 Å². The summed E-state index contributed by atoms with van der Waals surface area (Å²) in [5, 5.41) is 0. The molecular formula is C24H21NO2. The monoisotopic (exact) mass is 355 g/mol. The molecule has 3 aromatic rings. The van der Waals surface area contributed by atoms with Crippen molar-refractivity contribution in [2.24, 2.45) is 0 Å². The molecule has 0 bridgehead atoms. The van der Waals surface area contributed by atoms with Gasteiger partial charge in [0.25, 0.3) is 0 Å². The highest BCUT2D eigenvalue weighted by molar-refractivity contribution is 6.12. The molecule has 0 N–H and O–H groups in total. The Labute approximate surface area is 159 Å². The van der Waals surface area contributed by atoms with Gasteiger partial charge in [-0.1, -0.05) is 78.9 Å². The van der Waals surface area contributed by atoms with E-state index in [1.165, 1.54) is 0 Å². The van der Waals surface area contributed by atoms with Crippen molar-refractivity contribution in [2.75, 3.05) is 19.1 Å². The summed E-state index contributed by atoms with van der Waals surface area (Å²) < 4.78 is 5.47. The molecule has 3 heteroatoms. The molecule has 0 aromatic heterocycles. The van der Waals surface area contributed by atoms with Gasteiger partial charge in [0.05, 0.1) is 7.11 Å². The Morgan fingerprint density at radius 1 is 0.889 bits per heavy atom. The number of para-hydroxylation sites is 2. The van der Waals surface area contributed by atoms with Gasteiger partial charge in [-0.2, -0.15) is 0 Å². The number of hydrogen-bond acceptors (Lipinski definition) is 2. The van der Waals surface area contributed by atoms with Gasteiger partial charge in [-0.3, -0.25) is 4.79 Å². The quantitative estimate of drug-likeness (QED) is 0.680. The smallest absolute Gasteiger partial charge is 0.245 e. The van der Waals surface area contributed by atoms with E-state index in [1.807, 2.05) is 98.1 Å². The Balaban J connectivity index is 1.95. The molecule has 3 aromatic carbocycles. The number of methoxy groups -OCH3 is 1. The van der Waals surface area contributed by atoms with Crippen molar-refractivity contribution in [3.8, 4) is 5.75 Å². The predicted molar refractivity (Wildman–Crippen MR) is 109 cm³/mol. The highest BCUT2D eigenvalue weighted by atomic mass is 16.5. The minimum atomic E-state index is -0.854. The average Bonchev–Trinajstić information content (AvgIpc) is 2.95. The van der Waals surface area contributed by atoms with Crippen LogP contribution in [0.4, 0.5) is 5.69 Å². The number of hydrogen-bond donors (Lipinski definition) is 0. The topological polar surface area (TPSA) is 29.5 Å². The van der Waals surface area contributed by atoms with Crippen LogP contribution in [0.2, 0.25) is 0 Å². The molecule has 1 unspecified atom stereocenters. The fraction of sp³-hybridized carbons (Fsp3) is 0.125. The van der Waals surface area contributed by atoms with Gasteiger partial charge in [-0.05, 0) is 23.3 Å². The lowest BCUT2D eigenvalue weighted by Crippen LogP contribution is -2.38. The predicted octanol–water partition coefficient (Wildman–Crippen LogP) is 4.67. The highest BCUT2D eigenvalue weighted by Gasteiger charge is 2.49. The van der Waals surface area contributed by atoms with E-state index in [9.17, 15) is 4.79 Å². The van der Waals surface area contributed by atoms with Crippen LogP contribution in [0.15, 0.2) is 84.9 Å². The van der Waals surface area contributed by atoms with Crippen LogP contribution in [0.1, 0.15) is 16.7 Å². The molecule has 0 spiro atoms. The molecule has 4 rings (SSSR count). The van der Waals surface area contributed by atoms with Crippen molar-refractivity contribution in [1.29, 1.82) is 0 Å². The van der Waals surface area contributed by atoms with Crippen molar-refractivity contribution < 1.29 is 9.53 Å². The van der Waals surface area contributed by atoms with Crippen LogP contribution in [-0.4, -0.2) is 20.1 Å². The van der Waals surface area contributed by atoms with Gasteiger partial charge >= 0.3 is 0 Å². The first-order valence-corrected chi connectivity index (χ1v) is 8.94. The zero-order valence-electron chi connectivity index (χ0n) is 15.4. The van der Waals surface area contributed by atoms with Gasteiger partial charge in [-0.25, -0.2) is 0 Å². The molecule has 1 heterocycles. The number of benzene rings is 3. The van der Waals surface area contributed by atoms with E-state index < -0.39 is 5.41 Å². The van der Waals surface area contributed by atoms with E-state index in [1.54, 1.807) is 12.0 Å². The molecular weight excluding hydrogens is 334 g/mol. The second-order valence-electron chi connectivity index (χ2n) is 6.63. The summed E-state index contributed by atoms with van der Waals surface area (Å²) in [4.78, 5) is 15.2. The van der Waals surface area contributed by atoms with Crippen LogP contribution in [-0.2, 0) is 10.2 Å². The number of anilines is 1. The lowest BCUT2D eigenvalue weighted by Gasteiger charge is -2.25. The maximum Gasteiger partial charge on any atom is 0.245 e. The lowest BCUT2D eigenvalue weighted by molar-refractivity contribution is -0.120. The van der Waals surface area contributed by atoms with Gasteiger partial charge in [0, 0.05) is 18.3 Å². The fourth-order valence-corrected chi connectivity index (χ4v) is 3.84. The third kappa shape index (κ3) is 2.63. The minimum Gasteiger partial charge on any atom is -0.496 e. The molecule has 134 valence electrons. The van der Waals surface area contributed by atoms with Crippen molar-refractivity contribution in [3.05, 3.63) is 102 Å². The molecule has 3 nitrogen and oxygen atoms in total. The molecule has 27 heavy (non-hydrogen) atoms. The van der Waals surface area contributed by atoms with Gasteiger partial charge in [-0.15, -0.1) is 0 Å². The van der Waals surface area contributed by atoms with Crippen molar-refractivity contribution in [2.45, 2.75) is 5.41 Å². The minimum absolute atomic E-state index is 0.0426. The Hall–Kier alpha value is -3.33. The number of carbonyl (C=O) groups is 1. The van der Waals surface area contributed by atoms with E-state index in [0.717, 1.165) is 28.1 Å². The summed E-state index contributed by atoms with van der Waals surface area (Å²) in [6.45, 7) is 0. The second-order valence-corrected chi connectivity index (χ2v) is 6.63. The number of likely N-dealkylation sites (N-methyl/N-ethyl adjacent to an activating group) is 1. The first-order chi connectivity index (χ1) is 13.2. The van der Waals surface area contributed by atoms with Gasteiger partial charge in [0.2, 0.25) is 5.91 Å². The Morgan fingerprint density at radius 3 is 2.33 bits per heavy atom. The molecule has 0 saturated carbocycles. The van der Waals surface area contributed by atoms with E-state index in [2.05, 4.69) is 0 Å². The first-order valence-electron chi connectivity index (χ1n) is 8.94. The number of carbonyl (C=O) groups excluding carboxylic acids is 1. The summed E-state index contributed by atoms with van der Waals surface area (Å²) in [6.07, 6.45) is 3.99. The fourth-order valence-electron chi connectivity index (χ4n) is 3.84. The lowest BCUT2D eigenvalue weighted by atomic mass is 9.75. The van der Waals surface area contributed by atoms with Crippen molar-refractivity contribution in [3.63, 3.8) is 0 Å². The maximum atomic E-state index is 13.5. The summed E-state index contributed by atoms with van der Waals surface area (Å²) in [5.74, 6) is 0.824. The van der Waals surface area contributed by atoms with Gasteiger partial charge < -0.3 is 9.64 Å². The molecule has 1 amide bonds. The number of nitrogens with zero attached hydrogens (tertiary/aromatic N) is 1. The van der Waals surface area contributed by atoms with Crippen LogP contribution in [0.3, 0.4) is 0 Å². The number of amides is 1. The van der Waals surface area contributed by atoms with E-state index in [-0.39, 0.29) is 5.91 Å². The number of ether oxygens (including phenoxy) is 1. The largest absolute Gasteiger partial charge is 0.496 e. The Bertz CT molecular complexity index is 1010. The summed E-state index contributed by atoms with van der Waals surface area (Å²) in [7, 11) is 3.49. The molecule has 0 radical (unpaired) electrons. The Kier molecular flexibility index (Phi) is 4.28. The molecule has 1 aliphatic rings. The molecule has 1 aliphatic heterocycles. The maximum absolute atomic E-state index is 13.5. The standard InChI is InChI=1S/C24H21NO2/c1-25-21-14-8-7-13-20(21)24(23(25)26,19-11-4-3-5-12-19)17-16-18-10-6-9-15-22(18)27-2/h3-17H,1-2H3/b17-16+. The zero-order valence-corrected chi connectivity index (χ0v) is 15.4. The molecule has 0 fully saturated rings. The van der Waals surface area contributed by atoms with Gasteiger partial charge in [0.1, 0.15) is 11.2 Å². The number of rotatable bonds is 4. The third-order valence-electron chi connectivity index (χ3n) is 5.21. The second kappa shape index (κ2) is 6.76. The highest BCUT2D eigenvalue weighted by Crippen LogP contribution is 2.47. The van der Waals surface area contributed by atoms with E-state index >= 15 is 0 Å². The molecule has 1 atom stereocenters. The molecule has 0 saturated heterocycles. The van der Waals surface area contributed by atoms with Crippen LogP contribution >= 0.6 is 0 Å². The number of fused-ring (bicyclic) bond motifs is 1. The van der Waals surface area contributed by atoms with E-state index in [0.29, 0.717) is 0 Å². The van der Waals surface area contributed by atoms with Crippen molar-refractivity contribution in [1.82, 2.24) is 0 Å². The first kappa shape index (κ1) is 17.1. The summed E-state index contributed by atoms with van der Waals surface area (Å²) >= 11 is 0. The van der Waals surface area contributed by atoms with Crippen LogP contribution in [0.5, 0.6) is 5.75 Å². The average molecular weight is 355 g/mol. The normalized spacial score (nSPS) is 18.7. The molecule has 0 aliphatic carbocycles. The van der Waals surface area contributed by atoms with Crippen LogP contribution in [0.25, 0.3) is 6.08 Å². The van der Waals surface area contributed by atoms with Gasteiger partial charge in [0.15, 0.2) is 0 Å². The zero-order chi connectivity index (χ0) is 18.9. The summed E-state index contributed by atoms with van der Waals surface area (Å²) in [6, 6.07) is 25.7. The Morgan fingerprint density at radius 2 is 1.56 bits per heavy atom. The van der Waals surface area contributed by atoms with Crippen molar-refractivity contribution >= 4 is 17.7 Å². The SMILES string of the molecule is COc1ccccc1/C=C/C1(c2ccccc2)C(=O)N(C)c2ccccc21. The summed E-state index contributed by atoms with van der Waals surface area (Å²) in [5.41, 5.74) is 2.98.